The van der Waals surface area contributed by atoms with Crippen molar-refractivity contribution >= 4 is 0 Å². The zero-order valence-electron chi connectivity index (χ0n) is 7.85. The van der Waals surface area contributed by atoms with E-state index in [2.05, 4.69) is 26.8 Å². The average molecular weight is 153 g/mol. The molecule has 1 unspecified atom stereocenters. The van der Waals surface area contributed by atoms with Gasteiger partial charge < -0.3 is 5.73 Å². The van der Waals surface area contributed by atoms with E-state index in [1.165, 1.54) is 12.8 Å². The Labute approximate surface area is 69.7 Å². The van der Waals surface area contributed by atoms with Crippen LogP contribution in [0, 0.1) is 11.3 Å². The highest BCUT2D eigenvalue weighted by atomic mass is 14.6. The third kappa shape index (κ3) is 2.25. The molecule has 0 radical (unpaired) electrons. The standard InChI is InChI=1S/C10H19N/c1-10(2,3)8-5-4-6-9(11)7-8/h7-8H,4-6,11H2,1-3H3. The van der Waals surface area contributed by atoms with Gasteiger partial charge in [0, 0.05) is 5.70 Å². The predicted molar refractivity (Wildman–Crippen MR) is 49.1 cm³/mol. The second-order valence-electron chi connectivity index (χ2n) is 4.61. The summed E-state index contributed by atoms with van der Waals surface area (Å²) in [6.07, 6.45) is 5.94. The maximum Gasteiger partial charge on any atom is 0.00429 e. The van der Waals surface area contributed by atoms with Crippen molar-refractivity contribution in [2.75, 3.05) is 0 Å². The smallest absolute Gasteiger partial charge is 0.00429 e. The number of nitrogens with two attached hydrogens (primary N) is 1. The molecule has 0 bridgehead atoms. The Morgan fingerprint density at radius 1 is 1.45 bits per heavy atom. The lowest BCUT2D eigenvalue weighted by molar-refractivity contribution is 0.264. The first kappa shape index (κ1) is 8.63. The van der Waals surface area contributed by atoms with Crippen LogP contribution >= 0.6 is 0 Å². The summed E-state index contributed by atoms with van der Waals surface area (Å²) in [4.78, 5) is 0. The quantitative estimate of drug-likeness (QED) is 0.569. The van der Waals surface area contributed by atoms with Gasteiger partial charge in [0.15, 0.2) is 0 Å². The summed E-state index contributed by atoms with van der Waals surface area (Å²) in [5.74, 6) is 0.691. The fraction of sp³-hybridized carbons (Fsp3) is 0.800. The van der Waals surface area contributed by atoms with Gasteiger partial charge in [-0.1, -0.05) is 26.8 Å². The summed E-state index contributed by atoms with van der Waals surface area (Å²) in [7, 11) is 0. The van der Waals surface area contributed by atoms with Crippen LogP contribution in [0.1, 0.15) is 40.0 Å². The van der Waals surface area contributed by atoms with Gasteiger partial charge in [-0.15, -0.1) is 0 Å². The van der Waals surface area contributed by atoms with E-state index in [-0.39, 0.29) is 0 Å². The molecule has 1 rings (SSSR count). The van der Waals surface area contributed by atoms with Crippen LogP contribution in [0.15, 0.2) is 11.8 Å². The van der Waals surface area contributed by atoms with Crippen molar-refractivity contribution < 1.29 is 0 Å². The van der Waals surface area contributed by atoms with Gasteiger partial charge in [0.1, 0.15) is 0 Å². The van der Waals surface area contributed by atoms with Crippen molar-refractivity contribution in [3.8, 4) is 0 Å². The van der Waals surface area contributed by atoms with Crippen molar-refractivity contribution in [3.63, 3.8) is 0 Å². The SMILES string of the molecule is CC(C)(C)C1C=C(N)CCC1. The molecule has 0 aromatic carbocycles. The first-order chi connectivity index (χ1) is 5.00. The molecule has 0 spiro atoms. The normalized spacial score (nSPS) is 26.5. The second-order valence-corrected chi connectivity index (χ2v) is 4.61. The first-order valence-electron chi connectivity index (χ1n) is 4.46. The Morgan fingerprint density at radius 2 is 2.09 bits per heavy atom. The van der Waals surface area contributed by atoms with Crippen LogP contribution in [0.5, 0.6) is 0 Å². The van der Waals surface area contributed by atoms with Gasteiger partial charge in [-0.3, -0.25) is 0 Å². The Morgan fingerprint density at radius 3 is 2.45 bits per heavy atom. The summed E-state index contributed by atoms with van der Waals surface area (Å²) in [5, 5.41) is 0. The van der Waals surface area contributed by atoms with E-state index in [0.29, 0.717) is 11.3 Å². The molecule has 0 heterocycles. The highest BCUT2D eigenvalue weighted by Crippen LogP contribution is 2.34. The van der Waals surface area contributed by atoms with Crippen LogP contribution in [0.3, 0.4) is 0 Å². The molecule has 64 valence electrons. The lowest BCUT2D eigenvalue weighted by atomic mass is 9.75. The number of hydrogen-bond donors (Lipinski definition) is 1. The first-order valence-corrected chi connectivity index (χ1v) is 4.46. The van der Waals surface area contributed by atoms with Crippen LogP contribution in [0.25, 0.3) is 0 Å². The minimum absolute atomic E-state index is 0.394. The van der Waals surface area contributed by atoms with Gasteiger partial charge in [0.05, 0.1) is 0 Å². The summed E-state index contributed by atoms with van der Waals surface area (Å²) in [6.45, 7) is 6.85. The summed E-state index contributed by atoms with van der Waals surface area (Å²) < 4.78 is 0. The molecule has 0 amide bonds. The highest BCUT2D eigenvalue weighted by molar-refractivity contribution is 5.06. The largest absolute Gasteiger partial charge is 0.402 e. The lowest BCUT2D eigenvalue weighted by Gasteiger charge is -2.31. The van der Waals surface area contributed by atoms with Crippen molar-refractivity contribution in [2.45, 2.75) is 40.0 Å². The summed E-state index contributed by atoms with van der Waals surface area (Å²) in [5.41, 5.74) is 7.27. The van der Waals surface area contributed by atoms with Gasteiger partial charge >= 0.3 is 0 Å². The zero-order chi connectivity index (χ0) is 8.48. The van der Waals surface area contributed by atoms with Crippen molar-refractivity contribution in [2.24, 2.45) is 17.1 Å². The Hall–Kier alpha value is -0.460. The van der Waals surface area contributed by atoms with Crippen LogP contribution < -0.4 is 5.73 Å². The maximum atomic E-state index is 5.78. The van der Waals surface area contributed by atoms with Gasteiger partial charge in [-0.05, 0) is 30.6 Å². The molecule has 0 saturated heterocycles. The molecule has 11 heavy (non-hydrogen) atoms. The van der Waals surface area contributed by atoms with Gasteiger partial charge in [-0.2, -0.15) is 0 Å². The van der Waals surface area contributed by atoms with E-state index >= 15 is 0 Å². The van der Waals surface area contributed by atoms with Gasteiger partial charge in [0.2, 0.25) is 0 Å². The number of hydrogen-bond acceptors (Lipinski definition) is 1. The molecule has 0 aliphatic heterocycles. The zero-order valence-corrected chi connectivity index (χ0v) is 7.85. The second kappa shape index (κ2) is 2.88. The number of rotatable bonds is 0. The van der Waals surface area contributed by atoms with Gasteiger partial charge in [0.25, 0.3) is 0 Å². The van der Waals surface area contributed by atoms with E-state index < -0.39 is 0 Å². The van der Waals surface area contributed by atoms with Crippen LogP contribution in [0.2, 0.25) is 0 Å². The Bertz CT molecular complexity index is 162. The molecule has 0 fully saturated rings. The minimum atomic E-state index is 0.394. The van der Waals surface area contributed by atoms with E-state index in [1.807, 2.05) is 0 Å². The fourth-order valence-electron chi connectivity index (χ4n) is 1.63. The molecule has 1 aliphatic rings. The monoisotopic (exact) mass is 153 g/mol. The highest BCUT2D eigenvalue weighted by Gasteiger charge is 2.24. The van der Waals surface area contributed by atoms with Crippen LogP contribution in [-0.2, 0) is 0 Å². The molecule has 1 nitrogen and oxygen atoms in total. The number of allylic oxidation sites excluding steroid dienone is 2. The predicted octanol–water partition coefficient (Wildman–Crippen LogP) is 2.68. The molecule has 1 aliphatic carbocycles. The summed E-state index contributed by atoms with van der Waals surface area (Å²) in [6, 6.07) is 0. The molecule has 1 atom stereocenters. The average Bonchev–Trinajstić information content (AvgIpc) is 1.86. The molecule has 1 heteroatoms. The molecule has 2 N–H and O–H groups in total. The van der Waals surface area contributed by atoms with Crippen molar-refractivity contribution in [1.82, 2.24) is 0 Å². The topological polar surface area (TPSA) is 26.0 Å². The molecule has 0 aromatic rings. The Balaban J connectivity index is 2.67. The lowest BCUT2D eigenvalue weighted by Crippen LogP contribution is -2.22. The van der Waals surface area contributed by atoms with Crippen molar-refractivity contribution in [1.29, 1.82) is 0 Å². The molecular weight excluding hydrogens is 134 g/mol. The third-order valence-electron chi connectivity index (χ3n) is 2.51. The van der Waals surface area contributed by atoms with Crippen LogP contribution in [0.4, 0.5) is 0 Å². The minimum Gasteiger partial charge on any atom is -0.402 e. The third-order valence-corrected chi connectivity index (χ3v) is 2.51. The Kier molecular flexibility index (Phi) is 2.26. The maximum absolute atomic E-state index is 5.78. The molecule has 0 aromatic heterocycles. The van der Waals surface area contributed by atoms with Gasteiger partial charge in [-0.25, -0.2) is 0 Å². The fourth-order valence-corrected chi connectivity index (χ4v) is 1.63. The van der Waals surface area contributed by atoms with Crippen LogP contribution in [-0.4, -0.2) is 0 Å². The van der Waals surface area contributed by atoms with E-state index in [0.717, 1.165) is 12.1 Å². The summed E-state index contributed by atoms with van der Waals surface area (Å²) >= 11 is 0. The molecular formula is C10H19N. The molecule has 0 saturated carbocycles. The van der Waals surface area contributed by atoms with E-state index in [9.17, 15) is 0 Å². The van der Waals surface area contributed by atoms with E-state index in [4.69, 9.17) is 5.73 Å². The van der Waals surface area contributed by atoms with Crippen molar-refractivity contribution in [3.05, 3.63) is 11.8 Å². The van der Waals surface area contributed by atoms with E-state index in [1.54, 1.807) is 0 Å².